The van der Waals surface area contributed by atoms with E-state index in [1.807, 2.05) is 4.90 Å². The fraction of sp³-hybridized carbons (Fsp3) is 0.375. The number of nitrogens with zero attached hydrogens (tertiary/aromatic N) is 2. The van der Waals surface area contributed by atoms with Crippen LogP contribution in [0.25, 0.3) is 0 Å². The fourth-order valence-electron chi connectivity index (χ4n) is 2.89. The number of H-pyrrole nitrogens is 2. The second-order valence-corrected chi connectivity index (χ2v) is 5.67. The Balaban J connectivity index is 1.76. The predicted octanol–water partition coefficient (Wildman–Crippen LogP) is 1.01. The molecule has 1 aliphatic rings. The highest BCUT2D eigenvalue weighted by Crippen LogP contribution is 2.24. The molecule has 0 bridgehead atoms. The summed E-state index contributed by atoms with van der Waals surface area (Å²) in [4.78, 5) is 32.1. The minimum atomic E-state index is -0.459. The van der Waals surface area contributed by atoms with E-state index in [9.17, 15) is 9.59 Å². The van der Waals surface area contributed by atoms with Gasteiger partial charge in [-0.3, -0.25) is 14.8 Å². The van der Waals surface area contributed by atoms with E-state index in [-0.39, 0.29) is 5.56 Å². The normalized spacial score (nSPS) is 15.2. The number of anilines is 2. The van der Waals surface area contributed by atoms with Crippen molar-refractivity contribution in [2.24, 2.45) is 0 Å². The van der Waals surface area contributed by atoms with Gasteiger partial charge in [0.15, 0.2) is 0 Å². The second kappa shape index (κ2) is 5.71. The van der Waals surface area contributed by atoms with Gasteiger partial charge >= 0.3 is 5.69 Å². The lowest BCUT2D eigenvalue weighted by molar-refractivity contribution is 0.644. The molecule has 2 heterocycles. The number of aromatic nitrogens is 2. The molecule has 0 radical (unpaired) electrons. The zero-order chi connectivity index (χ0) is 15.7. The van der Waals surface area contributed by atoms with Crippen molar-refractivity contribution in [2.75, 3.05) is 36.0 Å². The molecule has 0 unspecified atom stereocenters. The van der Waals surface area contributed by atoms with Crippen LogP contribution in [0.15, 0.2) is 33.9 Å². The summed E-state index contributed by atoms with van der Waals surface area (Å²) in [6.07, 6.45) is 0. The van der Waals surface area contributed by atoms with Crippen LogP contribution < -0.4 is 21.0 Å². The zero-order valence-corrected chi connectivity index (χ0v) is 12.8. The standard InChI is InChI=1S/C16H20N4O2/c1-11-4-3-5-13(12(11)2)19-6-8-20(9-7-19)14-10-15(21)18-16(22)17-14/h3-5,10H,6-9H2,1-2H3,(H2,17,18,21,22). The summed E-state index contributed by atoms with van der Waals surface area (Å²) in [5.74, 6) is 0.592. The van der Waals surface area contributed by atoms with Crippen LogP contribution in [0.2, 0.25) is 0 Å². The Bertz CT molecular complexity index is 757. The lowest BCUT2D eigenvalue weighted by atomic mass is 10.1. The highest BCUT2D eigenvalue weighted by atomic mass is 16.2. The minimum absolute atomic E-state index is 0.365. The number of aryl methyl sites for hydroxylation is 1. The predicted molar refractivity (Wildman–Crippen MR) is 88.0 cm³/mol. The molecule has 2 aromatic rings. The van der Waals surface area contributed by atoms with Gasteiger partial charge in [0.25, 0.3) is 5.56 Å². The number of aromatic amines is 2. The summed E-state index contributed by atoms with van der Waals surface area (Å²) in [7, 11) is 0. The fourth-order valence-corrected chi connectivity index (χ4v) is 2.89. The molecule has 6 heteroatoms. The van der Waals surface area contributed by atoms with E-state index in [4.69, 9.17) is 0 Å². The molecule has 0 amide bonds. The van der Waals surface area contributed by atoms with Crippen molar-refractivity contribution < 1.29 is 0 Å². The van der Waals surface area contributed by atoms with E-state index in [2.05, 4.69) is 46.9 Å². The summed E-state index contributed by atoms with van der Waals surface area (Å²) >= 11 is 0. The minimum Gasteiger partial charge on any atom is -0.368 e. The molecule has 22 heavy (non-hydrogen) atoms. The third-order valence-electron chi connectivity index (χ3n) is 4.28. The van der Waals surface area contributed by atoms with Crippen LogP contribution >= 0.6 is 0 Å². The van der Waals surface area contributed by atoms with E-state index >= 15 is 0 Å². The summed E-state index contributed by atoms with van der Waals surface area (Å²) in [5, 5.41) is 0. The number of benzene rings is 1. The smallest absolute Gasteiger partial charge is 0.327 e. The largest absolute Gasteiger partial charge is 0.368 e. The van der Waals surface area contributed by atoms with Gasteiger partial charge < -0.3 is 9.80 Å². The monoisotopic (exact) mass is 300 g/mol. The van der Waals surface area contributed by atoms with Gasteiger partial charge in [-0.25, -0.2) is 4.79 Å². The van der Waals surface area contributed by atoms with E-state index in [0.717, 1.165) is 26.2 Å². The molecule has 3 rings (SSSR count). The molecular weight excluding hydrogens is 280 g/mol. The summed E-state index contributed by atoms with van der Waals surface area (Å²) in [6.45, 7) is 7.53. The van der Waals surface area contributed by atoms with Gasteiger partial charge in [-0.05, 0) is 31.0 Å². The van der Waals surface area contributed by atoms with Crippen LogP contribution in [-0.2, 0) is 0 Å². The Labute approximate surface area is 128 Å². The number of hydrogen-bond acceptors (Lipinski definition) is 4. The van der Waals surface area contributed by atoms with Gasteiger partial charge in [-0.15, -0.1) is 0 Å². The first kappa shape index (κ1) is 14.4. The van der Waals surface area contributed by atoms with Gasteiger partial charge in [0.05, 0.1) is 0 Å². The molecule has 1 aromatic heterocycles. The lowest BCUT2D eigenvalue weighted by Crippen LogP contribution is -2.47. The number of hydrogen-bond donors (Lipinski definition) is 2. The maximum atomic E-state index is 11.4. The molecule has 1 fully saturated rings. The third kappa shape index (κ3) is 2.77. The first-order valence-electron chi connectivity index (χ1n) is 7.44. The highest BCUT2D eigenvalue weighted by molar-refractivity contribution is 5.57. The summed E-state index contributed by atoms with van der Waals surface area (Å²) in [5.41, 5.74) is 3.04. The Morgan fingerprint density at radius 2 is 1.64 bits per heavy atom. The number of piperazine rings is 1. The van der Waals surface area contributed by atoms with E-state index < -0.39 is 5.69 Å². The van der Waals surface area contributed by atoms with Crippen molar-refractivity contribution in [3.8, 4) is 0 Å². The topological polar surface area (TPSA) is 72.2 Å². The Hall–Kier alpha value is -2.50. The molecular formula is C16H20N4O2. The Kier molecular flexibility index (Phi) is 3.75. The maximum absolute atomic E-state index is 11.4. The molecule has 0 aliphatic carbocycles. The van der Waals surface area contributed by atoms with Crippen LogP contribution in [0.4, 0.5) is 11.5 Å². The molecule has 1 aromatic carbocycles. The Morgan fingerprint density at radius 1 is 0.955 bits per heavy atom. The average molecular weight is 300 g/mol. The SMILES string of the molecule is Cc1cccc(N2CCN(c3cc(=O)[nH]c(=O)[nH]3)CC2)c1C. The molecule has 116 valence electrons. The molecule has 1 saturated heterocycles. The number of rotatable bonds is 2. The lowest BCUT2D eigenvalue weighted by Gasteiger charge is -2.37. The average Bonchev–Trinajstić information content (AvgIpc) is 2.49. The van der Waals surface area contributed by atoms with Gasteiger partial charge in [0.2, 0.25) is 0 Å². The summed E-state index contributed by atoms with van der Waals surface area (Å²) in [6, 6.07) is 7.79. The van der Waals surface area contributed by atoms with Crippen molar-refractivity contribution >= 4 is 11.5 Å². The van der Waals surface area contributed by atoms with E-state index in [0.29, 0.717) is 5.82 Å². The quantitative estimate of drug-likeness (QED) is 0.868. The van der Waals surface area contributed by atoms with Crippen molar-refractivity contribution in [1.82, 2.24) is 9.97 Å². The first-order chi connectivity index (χ1) is 10.5. The Morgan fingerprint density at radius 3 is 2.32 bits per heavy atom. The molecule has 0 atom stereocenters. The van der Waals surface area contributed by atoms with Crippen molar-refractivity contribution in [2.45, 2.75) is 13.8 Å². The van der Waals surface area contributed by atoms with Crippen molar-refractivity contribution in [3.63, 3.8) is 0 Å². The first-order valence-corrected chi connectivity index (χ1v) is 7.44. The van der Waals surface area contributed by atoms with Crippen LogP contribution in [0.1, 0.15) is 11.1 Å². The van der Waals surface area contributed by atoms with E-state index in [1.54, 1.807) is 0 Å². The van der Waals surface area contributed by atoms with Gasteiger partial charge in [-0.1, -0.05) is 12.1 Å². The van der Waals surface area contributed by atoms with Gasteiger partial charge in [-0.2, -0.15) is 0 Å². The second-order valence-electron chi connectivity index (χ2n) is 5.67. The number of nitrogens with one attached hydrogen (secondary N) is 2. The molecule has 2 N–H and O–H groups in total. The van der Waals surface area contributed by atoms with Crippen LogP contribution in [-0.4, -0.2) is 36.1 Å². The van der Waals surface area contributed by atoms with Crippen LogP contribution in [0.5, 0.6) is 0 Å². The third-order valence-corrected chi connectivity index (χ3v) is 4.28. The van der Waals surface area contributed by atoms with Crippen LogP contribution in [0.3, 0.4) is 0 Å². The van der Waals surface area contributed by atoms with Gasteiger partial charge in [0.1, 0.15) is 5.82 Å². The highest BCUT2D eigenvalue weighted by Gasteiger charge is 2.19. The van der Waals surface area contributed by atoms with Crippen LogP contribution in [0, 0.1) is 13.8 Å². The van der Waals surface area contributed by atoms with Crippen molar-refractivity contribution in [1.29, 1.82) is 0 Å². The van der Waals surface area contributed by atoms with Crippen molar-refractivity contribution in [3.05, 3.63) is 56.2 Å². The van der Waals surface area contributed by atoms with Gasteiger partial charge in [0, 0.05) is 37.9 Å². The zero-order valence-electron chi connectivity index (χ0n) is 12.8. The summed E-state index contributed by atoms with van der Waals surface area (Å²) < 4.78 is 0. The molecule has 6 nitrogen and oxygen atoms in total. The molecule has 1 aliphatic heterocycles. The van der Waals surface area contributed by atoms with E-state index in [1.165, 1.54) is 22.9 Å². The molecule has 0 spiro atoms. The molecule has 0 saturated carbocycles. The maximum Gasteiger partial charge on any atom is 0.327 e.